The van der Waals surface area contributed by atoms with Gasteiger partial charge < -0.3 is 14.2 Å². The highest BCUT2D eigenvalue weighted by Gasteiger charge is 2.34. The first-order chi connectivity index (χ1) is 12.0. The van der Waals surface area contributed by atoms with Gasteiger partial charge in [0.2, 0.25) is 0 Å². The molecule has 8 heteroatoms. The molecule has 2 heterocycles. The van der Waals surface area contributed by atoms with Crippen LogP contribution in [0.4, 0.5) is 0 Å². The van der Waals surface area contributed by atoms with Crippen molar-refractivity contribution < 1.29 is 19.0 Å². The summed E-state index contributed by atoms with van der Waals surface area (Å²) < 4.78 is 16.7. The Labute approximate surface area is 161 Å². The van der Waals surface area contributed by atoms with Crippen molar-refractivity contribution >= 4 is 51.9 Å². The Morgan fingerprint density at radius 3 is 2.76 bits per heavy atom. The summed E-state index contributed by atoms with van der Waals surface area (Å²) in [6.45, 7) is 1.25. The second kappa shape index (κ2) is 7.95. The van der Waals surface area contributed by atoms with Gasteiger partial charge in [-0.1, -0.05) is 35.6 Å². The van der Waals surface area contributed by atoms with Gasteiger partial charge in [0.25, 0.3) is 5.91 Å². The maximum Gasteiger partial charge on any atom is 0.266 e. The van der Waals surface area contributed by atoms with Gasteiger partial charge in [-0.25, -0.2) is 0 Å². The molecule has 0 N–H and O–H groups in total. The first kappa shape index (κ1) is 18.5. The molecule has 5 nitrogen and oxygen atoms in total. The number of carbonyl (C=O) groups excluding carboxylic acids is 1. The van der Waals surface area contributed by atoms with E-state index in [1.54, 1.807) is 37.3 Å². The molecule has 0 unspecified atom stereocenters. The molecule has 1 amide bonds. The zero-order valence-corrected chi connectivity index (χ0v) is 16.3. The minimum absolute atomic E-state index is 0.0616. The predicted octanol–water partition coefficient (Wildman–Crippen LogP) is 3.74. The Balaban J connectivity index is 1.84. The molecule has 1 aromatic carbocycles. The highest BCUT2D eigenvalue weighted by atomic mass is 35.5. The molecule has 3 rings (SSSR count). The summed E-state index contributed by atoms with van der Waals surface area (Å²) in [7, 11) is 3.10. The Bertz CT molecular complexity index is 732. The van der Waals surface area contributed by atoms with Crippen LogP contribution in [0.5, 0.6) is 11.5 Å². The number of amides is 1. The van der Waals surface area contributed by atoms with Crippen LogP contribution in [0.2, 0.25) is 5.02 Å². The summed E-state index contributed by atoms with van der Waals surface area (Å²) in [5.41, 5.74) is 0.678. The summed E-state index contributed by atoms with van der Waals surface area (Å²) in [5.74, 6) is 0.972. The van der Waals surface area contributed by atoms with E-state index in [-0.39, 0.29) is 12.0 Å². The van der Waals surface area contributed by atoms with Crippen LogP contribution in [0.3, 0.4) is 0 Å². The molecule has 1 aromatic rings. The van der Waals surface area contributed by atoms with Gasteiger partial charge >= 0.3 is 0 Å². The molecule has 2 aliphatic heterocycles. The van der Waals surface area contributed by atoms with Crippen LogP contribution in [-0.4, -0.2) is 48.6 Å². The fourth-order valence-electron chi connectivity index (χ4n) is 2.77. The van der Waals surface area contributed by atoms with E-state index in [2.05, 4.69) is 0 Å². The number of rotatable bonds is 5. The molecule has 0 saturated carbocycles. The van der Waals surface area contributed by atoms with Crippen LogP contribution in [-0.2, 0) is 9.53 Å². The van der Waals surface area contributed by atoms with Crippen molar-refractivity contribution in [1.82, 2.24) is 4.90 Å². The van der Waals surface area contributed by atoms with Gasteiger partial charge in [0, 0.05) is 12.7 Å². The van der Waals surface area contributed by atoms with Crippen LogP contribution in [0.1, 0.15) is 18.4 Å². The molecule has 134 valence electrons. The van der Waals surface area contributed by atoms with Crippen molar-refractivity contribution in [2.75, 3.05) is 27.4 Å². The number of halogens is 1. The maximum atomic E-state index is 12.7. The van der Waals surface area contributed by atoms with Gasteiger partial charge in [0.1, 0.15) is 4.32 Å². The highest BCUT2D eigenvalue weighted by Crippen LogP contribution is 2.38. The maximum absolute atomic E-state index is 12.7. The number of nitrogens with zero attached hydrogens (tertiary/aromatic N) is 1. The standard InChI is InChI=1S/C17H18ClNO4S2/c1-21-13-6-10(12(18)8-14(13)22-2)7-15-16(20)19(17(24)25-15)9-11-4-3-5-23-11/h6-8,11H,3-5,9H2,1-2H3/b15-7-/t11-/m1/s1. The summed E-state index contributed by atoms with van der Waals surface area (Å²) >= 11 is 12.9. The molecule has 2 aliphatic rings. The van der Waals surface area contributed by atoms with Crippen LogP contribution in [0.25, 0.3) is 6.08 Å². The number of hydrogen-bond donors (Lipinski definition) is 0. The summed E-state index contributed by atoms with van der Waals surface area (Å²) in [6.07, 6.45) is 3.78. The molecule has 0 bridgehead atoms. The molecule has 0 aliphatic carbocycles. The third-order valence-electron chi connectivity index (χ3n) is 4.07. The Kier molecular flexibility index (Phi) is 5.89. The lowest BCUT2D eigenvalue weighted by Crippen LogP contribution is -2.35. The monoisotopic (exact) mass is 399 g/mol. The van der Waals surface area contributed by atoms with Crippen LogP contribution in [0.15, 0.2) is 17.0 Å². The van der Waals surface area contributed by atoms with Gasteiger partial charge in [-0.3, -0.25) is 9.69 Å². The van der Waals surface area contributed by atoms with Crippen molar-refractivity contribution in [2.45, 2.75) is 18.9 Å². The second-order valence-corrected chi connectivity index (χ2v) is 7.74. The Morgan fingerprint density at radius 1 is 1.40 bits per heavy atom. The Hall–Kier alpha value is -1.28. The second-order valence-electron chi connectivity index (χ2n) is 5.66. The van der Waals surface area contributed by atoms with E-state index in [4.69, 9.17) is 38.0 Å². The molecular formula is C17H18ClNO4S2. The molecule has 2 saturated heterocycles. The molecule has 0 aromatic heterocycles. The average Bonchev–Trinajstić information content (AvgIpc) is 3.20. The van der Waals surface area contributed by atoms with E-state index >= 15 is 0 Å². The van der Waals surface area contributed by atoms with E-state index < -0.39 is 0 Å². The quantitative estimate of drug-likeness (QED) is 0.555. The Morgan fingerprint density at radius 2 is 2.12 bits per heavy atom. The lowest BCUT2D eigenvalue weighted by molar-refractivity contribution is -0.123. The smallest absolute Gasteiger partial charge is 0.266 e. The molecule has 0 radical (unpaired) electrons. The zero-order chi connectivity index (χ0) is 18.0. The topological polar surface area (TPSA) is 48.0 Å². The molecule has 0 spiro atoms. The first-order valence-corrected chi connectivity index (χ1v) is 9.42. The first-order valence-electron chi connectivity index (χ1n) is 7.82. The van der Waals surface area contributed by atoms with Gasteiger partial charge in [-0.15, -0.1) is 0 Å². The van der Waals surface area contributed by atoms with Gasteiger partial charge in [-0.05, 0) is 30.5 Å². The number of ether oxygens (including phenoxy) is 3. The van der Waals surface area contributed by atoms with Crippen molar-refractivity contribution in [2.24, 2.45) is 0 Å². The SMILES string of the molecule is COc1cc(Cl)c(/C=C2\SC(=S)N(C[C@H]3CCCO3)C2=O)cc1OC. The van der Waals surface area contributed by atoms with Crippen LogP contribution in [0, 0.1) is 0 Å². The van der Waals surface area contributed by atoms with E-state index in [0.29, 0.717) is 37.9 Å². The van der Waals surface area contributed by atoms with Gasteiger partial charge in [0.05, 0.1) is 36.8 Å². The van der Waals surface area contributed by atoms with Crippen molar-refractivity contribution in [3.63, 3.8) is 0 Å². The average molecular weight is 400 g/mol. The minimum Gasteiger partial charge on any atom is -0.493 e. The van der Waals surface area contributed by atoms with Crippen LogP contribution < -0.4 is 9.47 Å². The van der Waals surface area contributed by atoms with Crippen molar-refractivity contribution in [1.29, 1.82) is 0 Å². The van der Waals surface area contributed by atoms with Crippen molar-refractivity contribution in [3.8, 4) is 11.5 Å². The summed E-state index contributed by atoms with van der Waals surface area (Å²) in [5, 5.41) is 0.474. The number of methoxy groups -OCH3 is 2. The third-order valence-corrected chi connectivity index (χ3v) is 5.78. The molecule has 2 fully saturated rings. The fourth-order valence-corrected chi connectivity index (χ4v) is 4.25. The lowest BCUT2D eigenvalue weighted by atomic mass is 10.1. The largest absolute Gasteiger partial charge is 0.493 e. The third kappa shape index (κ3) is 3.95. The number of carbonyl (C=O) groups is 1. The molecule has 25 heavy (non-hydrogen) atoms. The normalized spacial score (nSPS) is 22.1. The van der Waals surface area contributed by atoms with Gasteiger partial charge in [-0.2, -0.15) is 0 Å². The van der Waals surface area contributed by atoms with E-state index in [9.17, 15) is 4.79 Å². The highest BCUT2D eigenvalue weighted by molar-refractivity contribution is 8.26. The number of benzene rings is 1. The summed E-state index contributed by atoms with van der Waals surface area (Å²) in [6, 6.07) is 3.41. The minimum atomic E-state index is -0.114. The number of thioether (sulfide) groups is 1. The van der Waals surface area contributed by atoms with E-state index in [0.717, 1.165) is 19.4 Å². The van der Waals surface area contributed by atoms with E-state index in [1.165, 1.54) is 11.8 Å². The predicted molar refractivity (Wildman–Crippen MR) is 103 cm³/mol. The van der Waals surface area contributed by atoms with Gasteiger partial charge in [0.15, 0.2) is 11.5 Å². The molecular weight excluding hydrogens is 382 g/mol. The zero-order valence-electron chi connectivity index (χ0n) is 13.9. The number of thiocarbonyl (C=S) groups is 1. The number of hydrogen-bond acceptors (Lipinski definition) is 6. The molecule has 1 atom stereocenters. The summed E-state index contributed by atoms with van der Waals surface area (Å²) in [4.78, 5) is 14.8. The van der Waals surface area contributed by atoms with Crippen LogP contribution >= 0.6 is 35.6 Å². The van der Waals surface area contributed by atoms with E-state index in [1.807, 2.05) is 0 Å². The lowest BCUT2D eigenvalue weighted by Gasteiger charge is -2.18. The van der Waals surface area contributed by atoms with Crippen molar-refractivity contribution in [3.05, 3.63) is 27.6 Å². The fraction of sp³-hybridized carbons (Fsp3) is 0.412.